The molecular weight excluding hydrogens is 353 g/mol. The Morgan fingerprint density at radius 2 is 2.19 bits per heavy atom. The van der Waals surface area contributed by atoms with Gasteiger partial charge in [-0.1, -0.05) is 24.8 Å². The van der Waals surface area contributed by atoms with Crippen molar-refractivity contribution in [3.63, 3.8) is 0 Å². The van der Waals surface area contributed by atoms with Gasteiger partial charge in [0.25, 0.3) is 0 Å². The number of hydrogen-bond donors (Lipinski definition) is 2. The molecule has 26 heavy (non-hydrogen) atoms. The van der Waals surface area contributed by atoms with Crippen molar-refractivity contribution in [3.8, 4) is 0 Å². The van der Waals surface area contributed by atoms with E-state index in [4.69, 9.17) is 11.6 Å². The van der Waals surface area contributed by atoms with Gasteiger partial charge in [-0.2, -0.15) is 0 Å². The standard InChI is InChI=1S/C19H19ClFN5/c1-11-9-22-6-4-16(11)24-19-15-10-23-7-5-17(15)25-18(26-19)14(13(3)21)8-12(2)20/h4,6,8-9,23H,2-3,5,7,10H2,1H3,(H,22,24,25,26)/b14-8+. The van der Waals surface area contributed by atoms with Gasteiger partial charge in [0.05, 0.1) is 11.3 Å². The van der Waals surface area contributed by atoms with E-state index in [1.54, 1.807) is 12.4 Å². The Labute approximate surface area is 156 Å². The number of fused-ring (bicyclic) bond motifs is 1. The third kappa shape index (κ3) is 3.98. The quantitative estimate of drug-likeness (QED) is 0.772. The number of nitrogens with one attached hydrogen (secondary N) is 2. The van der Waals surface area contributed by atoms with Crippen LogP contribution in [0.25, 0.3) is 5.57 Å². The summed E-state index contributed by atoms with van der Waals surface area (Å²) in [4.78, 5) is 13.2. The van der Waals surface area contributed by atoms with E-state index in [9.17, 15) is 4.39 Å². The minimum absolute atomic E-state index is 0.126. The largest absolute Gasteiger partial charge is 0.340 e. The van der Waals surface area contributed by atoms with Crippen molar-refractivity contribution >= 4 is 28.7 Å². The molecule has 0 aromatic carbocycles. The van der Waals surface area contributed by atoms with Crippen molar-refractivity contribution in [3.05, 3.63) is 71.2 Å². The molecule has 2 aromatic rings. The second-order valence-corrected chi connectivity index (χ2v) is 6.46. The van der Waals surface area contributed by atoms with Gasteiger partial charge in [0.2, 0.25) is 0 Å². The average molecular weight is 372 g/mol. The lowest BCUT2D eigenvalue weighted by molar-refractivity contribution is 0.625. The third-order valence-electron chi connectivity index (χ3n) is 4.04. The highest BCUT2D eigenvalue weighted by molar-refractivity contribution is 6.31. The molecule has 2 aromatic heterocycles. The summed E-state index contributed by atoms with van der Waals surface area (Å²) >= 11 is 5.83. The zero-order valence-electron chi connectivity index (χ0n) is 14.4. The van der Waals surface area contributed by atoms with Gasteiger partial charge in [0.1, 0.15) is 11.6 Å². The van der Waals surface area contributed by atoms with Crippen LogP contribution < -0.4 is 10.6 Å². The van der Waals surface area contributed by atoms with E-state index in [1.165, 1.54) is 6.08 Å². The first kappa shape index (κ1) is 18.2. The van der Waals surface area contributed by atoms with Gasteiger partial charge in [-0.05, 0) is 24.6 Å². The normalized spacial score (nSPS) is 13.9. The van der Waals surface area contributed by atoms with E-state index in [0.29, 0.717) is 12.4 Å². The first-order valence-corrected chi connectivity index (χ1v) is 8.53. The molecule has 0 atom stereocenters. The molecule has 0 amide bonds. The van der Waals surface area contributed by atoms with Gasteiger partial charge in [0.15, 0.2) is 5.82 Å². The van der Waals surface area contributed by atoms with Crippen LogP contribution in [0.3, 0.4) is 0 Å². The molecule has 0 spiro atoms. The second kappa shape index (κ2) is 7.76. The Kier molecular flexibility index (Phi) is 5.44. The zero-order valence-corrected chi connectivity index (χ0v) is 15.2. The third-order valence-corrected chi connectivity index (χ3v) is 4.15. The predicted octanol–water partition coefficient (Wildman–Crippen LogP) is 4.19. The van der Waals surface area contributed by atoms with Gasteiger partial charge >= 0.3 is 0 Å². The molecule has 3 heterocycles. The van der Waals surface area contributed by atoms with E-state index in [1.807, 2.05) is 13.0 Å². The number of anilines is 2. The number of hydrogen-bond acceptors (Lipinski definition) is 5. The summed E-state index contributed by atoms with van der Waals surface area (Å²) in [6, 6.07) is 1.87. The summed E-state index contributed by atoms with van der Waals surface area (Å²) in [5.74, 6) is 0.194. The molecule has 1 aliphatic heterocycles. The van der Waals surface area contributed by atoms with Crippen molar-refractivity contribution in [2.45, 2.75) is 19.9 Å². The maximum absolute atomic E-state index is 14.0. The summed E-state index contributed by atoms with van der Waals surface area (Å²) in [6.45, 7) is 10.3. The first-order valence-electron chi connectivity index (χ1n) is 8.15. The van der Waals surface area contributed by atoms with Crippen LogP contribution in [0.2, 0.25) is 0 Å². The van der Waals surface area contributed by atoms with Crippen LogP contribution in [-0.4, -0.2) is 21.5 Å². The Morgan fingerprint density at radius 3 is 2.88 bits per heavy atom. The van der Waals surface area contributed by atoms with Crippen molar-refractivity contribution in [2.24, 2.45) is 0 Å². The van der Waals surface area contributed by atoms with E-state index in [2.05, 4.69) is 38.7 Å². The highest BCUT2D eigenvalue weighted by Crippen LogP contribution is 2.29. The maximum Gasteiger partial charge on any atom is 0.164 e. The molecule has 7 heteroatoms. The van der Waals surface area contributed by atoms with Gasteiger partial charge in [0, 0.05) is 48.2 Å². The highest BCUT2D eigenvalue weighted by atomic mass is 35.5. The number of aryl methyl sites for hydroxylation is 1. The minimum atomic E-state index is -0.660. The maximum atomic E-state index is 14.0. The Morgan fingerprint density at radius 1 is 1.38 bits per heavy atom. The monoisotopic (exact) mass is 371 g/mol. The molecule has 0 saturated heterocycles. The average Bonchev–Trinajstić information content (AvgIpc) is 2.61. The van der Waals surface area contributed by atoms with Crippen molar-refractivity contribution < 1.29 is 4.39 Å². The Bertz CT molecular complexity index is 907. The summed E-state index contributed by atoms with van der Waals surface area (Å²) in [6.07, 6.45) is 5.58. The summed E-state index contributed by atoms with van der Waals surface area (Å²) in [5, 5.41) is 6.82. The number of aromatic nitrogens is 3. The molecule has 0 saturated carbocycles. The number of allylic oxidation sites excluding steroid dienone is 4. The van der Waals surface area contributed by atoms with Crippen molar-refractivity contribution in [1.29, 1.82) is 0 Å². The van der Waals surface area contributed by atoms with Crippen LogP contribution in [0.4, 0.5) is 15.9 Å². The number of nitrogens with zero attached hydrogens (tertiary/aromatic N) is 3. The van der Waals surface area contributed by atoms with E-state index >= 15 is 0 Å². The second-order valence-electron chi connectivity index (χ2n) is 5.97. The lowest BCUT2D eigenvalue weighted by Gasteiger charge is -2.21. The van der Waals surface area contributed by atoms with Crippen LogP contribution in [-0.2, 0) is 13.0 Å². The first-order chi connectivity index (χ1) is 12.5. The van der Waals surface area contributed by atoms with Crippen LogP contribution in [0.15, 0.2) is 48.6 Å². The molecule has 134 valence electrons. The number of halogens is 2. The number of rotatable bonds is 5. The fourth-order valence-electron chi connectivity index (χ4n) is 2.73. The van der Waals surface area contributed by atoms with Crippen LogP contribution in [0.5, 0.6) is 0 Å². The molecule has 0 unspecified atom stereocenters. The SMILES string of the molecule is C=C(Cl)/C=C(\C(=C)F)c1nc2c(c(Nc3ccncc3C)n1)CNCC2. The molecule has 0 fully saturated rings. The van der Waals surface area contributed by atoms with E-state index in [0.717, 1.165) is 35.5 Å². The van der Waals surface area contributed by atoms with E-state index in [-0.39, 0.29) is 16.4 Å². The minimum Gasteiger partial charge on any atom is -0.340 e. The van der Waals surface area contributed by atoms with Crippen molar-refractivity contribution in [1.82, 2.24) is 20.3 Å². The van der Waals surface area contributed by atoms with Crippen LogP contribution in [0, 0.1) is 6.92 Å². The Balaban J connectivity index is 2.12. The number of pyridine rings is 1. The molecule has 0 radical (unpaired) electrons. The van der Waals surface area contributed by atoms with E-state index < -0.39 is 5.83 Å². The fourth-order valence-corrected chi connectivity index (χ4v) is 2.84. The smallest absolute Gasteiger partial charge is 0.164 e. The fraction of sp³-hybridized carbons (Fsp3) is 0.211. The van der Waals surface area contributed by atoms with Gasteiger partial charge in [-0.3, -0.25) is 4.98 Å². The molecule has 0 aliphatic carbocycles. The van der Waals surface area contributed by atoms with Gasteiger partial charge < -0.3 is 10.6 Å². The topological polar surface area (TPSA) is 62.7 Å². The summed E-state index contributed by atoms with van der Waals surface area (Å²) < 4.78 is 14.0. The van der Waals surface area contributed by atoms with Gasteiger partial charge in [-0.25, -0.2) is 14.4 Å². The molecule has 3 rings (SSSR count). The van der Waals surface area contributed by atoms with Gasteiger partial charge in [-0.15, -0.1) is 0 Å². The predicted molar refractivity (Wildman–Crippen MR) is 103 cm³/mol. The molecular formula is C19H19ClFN5. The summed E-state index contributed by atoms with van der Waals surface area (Å²) in [5.41, 5.74) is 3.81. The molecule has 1 aliphatic rings. The zero-order chi connectivity index (χ0) is 18.7. The molecule has 5 nitrogen and oxygen atoms in total. The molecule has 0 bridgehead atoms. The van der Waals surface area contributed by atoms with Crippen LogP contribution in [0.1, 0.15) is 22.6 Å². The summed E-state index contributed by atoms with van der Waals surface area (Å²) in [7, 11) is 0. The Hall–Kier alpha value is -2.57. The van der Waals surface area contributed by atoms with Crippen LogP contribution >= 0.6 is 11.6 Å². The molecule has 2 N–H and O–H groups in total. The lowest BCUT2D eigenvalue weighted by Crippen LogP contribution is -2.26. The van der Waals surface area contributed by atoms with Crippen molar-refractivity contribution in [2.75, 3.05) is 11.9 Å². The lowest BCUT2D eigenvalue weighted by atomic mass is 10.1. The highest BCUT2D eigenvalue weighted by Gasteiger charge is 2.20.